The number of rotatable bonds is 2. The summed E-state index contributed by atoms with van der Waals surface area (Å²) in [6.45, 7) is 6.39. The highest BCUT2D eigenvalue weighted by Gasteiger charge is 2.32. The number of phenolic OH excluding ortho intramolecular Hbond substituents is 1. The van der Waals surface area contributed by atoms with Crippen molar-refractivity contribution < 1.29 is 14.6 Å². The quantitative estimate of drug-likeness (QED) is 0.902. The minimum atomic E-state index is -0.463. The van der Waals surface area contributed by atoms with Crippen molar-refractivity contribution >= 4 is 6.09 Å². The lowest BCUT2D eigenvalue weighted by Crippen LogP contribution is -2.40. The molecule has 0 bridgehead atoms. The van der Waals surface area contributed by atoms with Gasteiger partial charge in [0.05, 0.1) is 0 Å². The van der Waals surface area contributed by atoms with Crippen LogP contribution in [0, 0.1) is 0 Å². The maximum Gasteiger partial charge on any atom is 0.410 e. The number of phenols is 1. The maximum atomic E-state index is 12.2. The van der Waals surface area contributed by atoms with Gasteiger partial charge in [-0.1, -0.05) is 12.1 Å². The van der Waals surface area contributed by atoms with E-state index in [-0.39, 0.29) is 17.9 Å². The molecule has 1 aromatic carbocycles. The first-order chi connectivity index (χ1) is 9.35. The summed E-state index contributed by atoms with van der Waals surface area (Å²) in [5, 5.41) is 9.51. The Hall–Kier alpha value is -1.71. The van der Waals surface area contributed by atoms with E-state index in [4.69, 9.17) is 4.74 Å². The summed E-state index contributed by atoms with van der Waals surface area (Å²) in [6, 6.07) is 7.38. The van der Waals surface area contributed by atoms with Gasteiger partial charge in [-0.2, -0.15) is 0 Å². The van der Waals surface area contributed by atoms with Gasteiger partial charge < -0.3 is 14.7 Å². The third kappa shape index (κ3) is 3.89. The standard InChI is InChI=1S/C16H23NO3/c1-16(2,3)20-15(19)17-9-5-7-13(17)10-12-6-4-8-14(18)11-12/h4,6,8,11,13,18H,5,7,9-10H2,1-3H3. The normalized spacial score (nSPS) is 19.1. The summed E-state index contributed by atoms with van der Waals surface area (Å²) in [7, 11) is 0. The van der Waals surface area contributed by atoms with Gasteiger partial charge in [0.15, 0.2) is 0 Å². The van der Waals surface area contributed by atoms with Crippen molar-refractivity contribution in [1.29, 1.82) is 0 Å². The average Bonchev–Trinajstić information content (AvgIpc) is 2.75. The molecule has 110 valence electrons. The Labute approximate surface area is 120 Å². The van der Waals surface area contributed by atoms with Crippen LogP contribution < -0.4 is 0 Å². The first-order valence-electron chi connectivity index (χ1n) is 7.13. The highest BCUT2D eigenvalue weighted by molar-refractivity contribution is 5.69. The Bertz CT molecular complexity index is 479. The number of ether oxygens (including phenoxy) is 1. The summed E-state index contributed by atoms with van der Waals surface area (Å²) in [6.07, 6.45) is 2.51. The minimum Gasteiger partial charge on any atom is -0.508 e. The first-order valence-corrected chi connectivity index (χ1v) is 7.13. The zero-order valence-corrected chi connectivity index (χ0v) is 12.4. The predicted molar refractivity (Wildman–Crippen MR) is 77.8 cm³/mol. The summed E-state index contributed by atoms with van der Waals surface area (Å²) in [5.74, 6) is 0.268. The lowest BCUT2D eigenvalue weighted by Gasteiger charge is -2.28. The van der Waals surface area contributed by atoms with E-state index >= 15 is 0 Å². The molecule has 0 radical (unpaired) electrons. The number of benzene rings is 1. The van der Waals surface area contributed by atoms with Gasteiger partial charge in [0.1, 0.15) is 11.4 Å². The van der Waals surface area contributed by atoms with Crippen LogP contribution in [0.1, 0.15) is 39.2 Å². The molecule has 0 spiro atoms. The molecule has 0 saturated carbocycles. The van der Waals surface area contributed by atoms with E-state index in [0.717, 1.165) is 31.4 Å². The molecular weight excluding hydrogens is 254 g/mol. The van der Waals surface area contributed by atoms with Gasteiger partial charge in [-0.05, 0) is 57.7 Å². The van der Waals surface area contributed by atoms with Crippen LogP contribution in [0.4, 0.5) is 4.79 Å². The highest BCUT2D eigenvalue weighted by atomic mass is 16.6. The molecule has 1 unspecified atom stereocenters. The number of amides is 1. The molecule has 1 atom stereocenters. The lowest BCUT2D eigenvalue weighted by atomic mass is 10.0. The van der Waals surface area contributed by atoms with Crippen LogP contribution in [-0.4, -0.2) is 34.3 Å². The third-order valence-electron chi connectivity index (χ3n) is 3.39. The van der Waals surface area contributed by atoms with Gasteiger partial charge in [-0.25, -0.2) is 4.79 Å². The fourth-order valence-electron chi connectivity index (χ4n) is 2.56. The summed E-state index contributed by atoms with van der Waals surface area (Å²) < 4.78 is 5.45. The van der Waals surface area contributed by atoms with Crippen molar-refractivity contribution in [3.8, 4) is 5.75 Å². The molecule has 1 aliphatic heterocycles. The van der Waals surface area contributed by atoms with E-state index in [9.17, 15) is 9.90 Å². The zero-order valence-electron chi connectivity index (χ0n) is 12.4. The Balaban J connectivity index is 2.02. The Morgan fingerprint density at radius 2 is 2.20 bits per heavy atom. The van der Waals surface area contributed by atoms with Crippen LogP contribution in [0.3, 0.4) is 0 Å². The van der Waals surface area contributed by atoms with E-state index in [0.29, 0.717) is 0 Å². The zero-order chi connectivity index (χ0) is 14.8. The molecule has 1 N–H and O–H groups in total. The molecule has 4 nitrogen and oxygen atoms in total. The van der Waals surface area contributed by atoms with Gasteiger partial charge in [0.25, 0.3) is 0 Å². The molecule has 1 fully saturated rings. The molecule has 1 aromatic rings. The predicted octanol–water partition coefficient (Wildman–Crippen LogP) is 3.33. The second-order valence-electron chi connectivity index (χ2n) is 6.34. The summed E-state index contributed by atoms with van der Waals surface area (Å²) in [4.78, 5) is 14.0. The summed E-state index contributed by atoms with van der Waals surface area (Å²) >= 11 is 0. The van der Waals surface area contributed by atoms with E-state index in [2.05, 4.69) is 0 Å². The molecule has 4 heteroatoms. The Kier molecular flexibility index (Phi) is 4.21. The van der Waals surface area contributed by atoms with Crippen molar-refractivity contribution in [2.75, 3.05) is 6.54 Å². The fourth-order valence-corrected chi connectivity index (χ4v) is 2.56. The monoisotopic (exact) mass is 277 g/mol. The van der Waals surface area contributed by atoms with E-state index in [1.807, 2.05) is 37.8 Å². The molecule has 1 amide bonds. The molecule has 2 rings (SSSR count). The van der Waals surface area contributed by atoms with Crippen LogP contribution in [-0.2, 0) is 11.2 Å². The molecule has 20 heavy (non-hydrogen) atoms. The van der Waals surface area contributed by atoms with E-state index < -0.39 is 5.60 Å². The third-order valence-corrected chi connectivity index (χ3v) is 3.39. The van der Waals surface area contributed by atoms with Gasteiger partial charge in [0.2, 0.25) is 0 Å². The van der Waals surface area contributed by atoms with Crippen LogP contribution in [0.15, 0.2) is 24.3 Å². The Morgan fingerprint density at radius 1 is 1.45 bits per heavy atom. The molecular formula is C16H23NO3. The molecule has 0 aromatic heterocycles. The molecule has 0 aliphatic carbocycles. The van der Waals surface area contributed by atoms with Crippen molar-refractivity contribution in [1.82, 2.24) is 4.90 Å². The number of hydrogen-bond acceptors (Lipinski definition) is 3. The fraction of sp³-hybridized carbons (Fsp3) is 0.562. The van der Waals surface area contributed by atoms with Gasteiger partial charge in [-0.15, -0.1) is 0 Å². The number of aromatic hydroxyl groups is 1. The van der Waals surface area contributed by atoms with Crippen LogP contribution in [0.2, 0.25) is 0 Å². The lowest BCUT2D eigenvalue weighted by molar-refractivity contribution is 0.0227. The smallest absolute Gasteiger partial charge is 0.410 e. The minimum absolute atomic E-state index is 0.159. The Morgan fingerprint density at radius 3 is 2.85 bits per heavy atom. The molecule has 1 aliphatic rings. The number of carbonyl (C=O) groups is 1. The second-order valence-corrected chi connectivity index (χ2v) is 6.34. The van der Waals surface area contributed by atoms with Crippen molar-refractivity contribution in [2.45, 2.75) is 51.7 Å². The topological polar surface area (TPSA) is 49.8 Å². The second kappa shape index (κ2) is 5.73. The van der Waals surface area contributed by atoms with E-state index in [1.54, 1.807) is 12.1 Å². The van der Waals surface area contributed by atoms with Gasteiger partial charge in [-0.3, -0.25) is 0 Å². The number of likely N-dealkylation sites (tertiary alicyclic amines) is 1. The van der Waals surface area contributed by atoms with Crippen molar-refractivity contribution in [2.24, 2.45) is 0 Å². The molecule has 1 heterocycles. The van der Waals surface area contributed by atoms with Crippen molar-refractivity contribution in [3.05, 3.63) is 29.8 Å². The average molecular weight is 277 g/mol. The number of hydrogen-bond donors (Lipinski definition) is 1. The molecule has 1 saturated heterocycles. The SMILES string of the molecule is CC(C)(C)OC(=O)N1CCCC1Cc1cccc(O)c1. The largest absolute Gasteiger partial charge is 0.508 e. The van der Waals surface area contributed by atoms with Crippen LogP contribution in [0.5, 0.6) is 5.75 Å². The number of nitrogens with zero attached hydrogens (tertiary/aromatic N) is 1. The summed E-state index contributed by atoms with van der Waals surface area (Å²) in [5.41, 5.74) is 0.584. The maximum absolute atomic E-state index is 12.2. The van der Waals surface area contributed by atoms with Gasteiger partial charge >= 0.3 is 6.09 Å². The first kappa shape index (κ1) is 14.7. The van der Waals surface area contributed by atoms with Crippen LogP contribution in [0.25, 0.3) is 0 Å². The number of carbonyl (C=O) groups excluding carboxylic acids is 1. The van der Waals surface area contributed by atoms with Crippen molar-refractivity contribution in [3.63, 3.8) is 0 Å². The highest BCUT2D eigenvalue weighted by Crippen LogP contribution is 2.24. The van der Waals surface area contributed by atoms with Crippen LogP contribution >= 0.6 is 0 Å². The van der Waals surface area contributed by atoms with Gasteiger partial charge in [0, 0.05) is 12.6 Å². The van der Waals surface area contributed by atoms with E-state index in [1.165, 1.54) is 0 Å².